The Labute approximate surface area is 235 Å². The van der Waals surface area contributed by atoms with E-state index in [0.29, 0.717) is 22.9 Å². The second kappa shape index (κ2) is 14.0. The van der Waals surface area contributed by atoms with E-state index in [9.17, 15) is 18.0 Å². The fourth-order valence-corrected chi connectivity index (χ4v) is 5.49. The molecule has 39 heavy (non-hydrogen) atoms. The highest BCUT2D eigenvalue weighted by Crippen LogP contribution is 2.24. The summed E-state index contributed by atoms with van der Waals surface area (Å²) in [5.74, 6) is -0.0266. The Kier molecular flexibility index (Phi) is 10.8. The zero-order valence-corrected chi connectivity index (χ0v) is 23.9. The predicted octanol–water partition coefficient (Wildman–Crippen LogP) is 4.28. The molecule has 0 heterocycles. The molecule has 0 unspecified atom stereocenters. The molecule has 0 saturated heterocycles. The van der Waals surface area contributed by atoms with E-state index in [1.807, 2.05) is 36.4 Å². The molecule has 1 N–H and O–H groups in total. The van der Waals surface area contributed by atoms with E-state index in [0.717, 1.165) is 17.4 Å². The first-order valence-electron chi connectivity index (χ1n) is 12.5. The van der Waals surface area contributed by atoms with Gasteiger partial charge in [0.1, 0.15) is 11.8 Å². The molecule has 1 atom stereocenters. The number of halogens is 1. The molecule has 0 bridgehead atoms. The minimum Gasteiger partial charge on any atom is -0.497 e. The van der Waals surface area contributed by atoms with E-state index in [4.69, 9.17) is 16.3 Å². The molecule has 0 fully saturated rings. The van der Waals surface area contributed by atoms with Crippen LogP contribution in [0.5, 0.6) is 5.75 Å². The van der Waals surface area contributed by atoms with Gasteiger partial charge in [-0.2, -0.15) is 0 Å². The zero-order chi connectivity index (χ0) is 28.4. The Morgan fingerprint density at radius 2 is 1.67 bits per heavy atom. The van der Waals surface area contributed by atoms with Gasteiger partial charge in [-0.3, -0.25) is 13.9 Å². The Bertz CT molecular complexity index is 1370. The van der Waals surface area contributed by atoms with Crippen molar-refractivity contribution in [2.24, 2.45) is 0 Å². The van der Waals surface area contributed by atoms with Crippen LogP contribution >= 0.6 is 11.6 Å². The highest BCUT2D eigenvalue weighted by Gasteiger charge is 2.30. The number of likely N-dealkylation sites (N-methyl/N-ethyl adjacent to an activating group) is 1. The van der Waals surface area contributed by atoms with Crippen molar-refractivity contribution in [3.63, 3.8) is 0 Å². The van der Waals surface area contributed by atoms with Gasteiger partial charge >= 0.3 is 0 Å². The maximum Gasteiger partial charge on any atom is 0.242 e. The molecule has 3 aromatic rings. The maximum absolute atomic E-state index is 13.7. The smallest absolute Gasteiger partial charge is 0.242 e. The second-order valence-electron chi connectivity index (χ2n) is 9.11. The van der Waals surface area contributed by atoms with Gasteiger partial charge < -0.3 is 15.0 Å². The summed E-state index contributed by atoms with van der Waals surface area (Å²) in [4.78, 5) is 28.3. The molecular weight excluding hydrogens is 538 g/mol. The minimum absolute atomic E-state index is 0.0405. The summed E-state index contributed by atoms with van der Waals surface area (Å²) in [5, 5.41) is 3.22. The van der Waals surface area contributed by atoms with Crippen LogP contribution in [0.1, 0.15) is 24.0 Å². The van der Waals surface area contributed by atoms with Crippen LogP contribution in [0.25, 0.3) is 0 Å². The highest BCUT2D eigenvalue weighted by molar-refractivity contribution is 7.92. The first kappa shape index (κ1) is 30.0. The molecule has 3 rings (SSSR count). The third-order valence-corrected chi connectivity index (χ3v) is 7.68. The van der Waals surface area contributed by atoms with E-state index >= 15 is 0 Å². The van der Waals surface area contributed by atoms with E-state index in [1.165, 1.54) is 11.4 Å². The van der Waals surface area contributed by atoms with Crippen molar-refractivity contribution in [1.82, 2.24) is 10.2 Å². The molecular formula is C29H34ClN3O5S. The number of anilines is 1. The van der Waals surface area contributed by atoms with Crippen LogP contribution in [-0.2, 0) is 32.6 Å². The standard InChI is InChI=1S/C29H34ClN3O5S/c1-31-29(35)27(19-22-10-5-4-6-11-22)32(21-23-12-7-13-24(30)18-23)28(34)16-9-17-33(39(3,36)37)25-14-8-15-26(20-25)38-2/h4-8,10-15,18,20,27H,9,16-17,19,21H2,1-3H3,(H,31,35)/t27-/m1/s1. The number of methoxy groups -OCH3 is 1. The number of nitrogens with zero attached hydrogens (tertiary/aromatic N) is 2. The first-order chi connectivity index (χ1) is 18.6. The average Bonchev–Trinajstić information content (AvgIpc) is 2.92. The normalized spacial score (nSPS) is 11.9. The van der Waals surface area contributed by atoms with Gasteiger partial charge in [-0.15, -0.1) is 0 Å². The quantitative estimate of drug-likeness (QED) is 0.330. The van der Waals surface area contributed by atoms with Crippen molar-refractivity contribution >= 4 is 39.1 Å². The fraction of sp³-hybridized carbons (Fsp3) is 0.310. The summed E-state index contributed by atoms with van der Waals surface area (Å²) in [6.07, 6.45) is 1.74. The van der Waals surface area contributed by atoms with Crippen molar-refractivity contribution in [3.05, 3.63) is 95.0 Å². The Balaban J connectivity index is 1.85. The third kappa shape index (κ3) is 8.73. The van der Waals surface area contributed by atoms with Gasteiger partial charge in [0, 0.05) is 44.1 Å². The first-order valence-corrected chi connectivity index (χ1v) is 14.8. The highest BCUT2D eigenvalue weighted by atomic mass is 35.5. The number of hydrogen-bond acceptors (Lipinski definition) is 5. The lowest BCUT2D eigenvalue weighted by molar-refractivity contribution is -0.141. The second-order valence-corrected chi connectivity index (χ2v) is 11.5. The van der Waals surface area contributed by atoms with Crippen LogP contribution in [0.4, 0.5) is 5.69 Å². The molecule has 0 saturated carbocycles. The Hall–Kier alpha value is -3.56. The van der Waals surface area contributed by atoms with Crippen molar-refractivity contribution in [2.75, 3.05) is 31.3 Å². The van der Waals surface area contributed by atoms with E-state index < -0.39 is 16.1 Å². The largest absolute Gasteiger partial charge is 0.497 e. The topological polar surface area (TPSA) is 96.0 Å². The Morgan fingerprint density at radius 1 is 0.974 bits per heavy atom. The van der Waals surface area contributed by atoms with Crippen LogP contribution in [0.3, 0.4) is 0 Å². The number of amides is 2. The number of ether oxygens (including phenoxy) is 1. The number of sulfonamides is 1. The number of carbonyl (C=O) groups excluding carboxylic acids is 2. The predicted molar refractivity (Wildman–Crippen MR) is 154 cm³/mol. The summed E-state index contributed by atoms with van der Waals surface area (Å²) in [6, 6.07) is 22.6. The van der Waals surface area contributed by atoms with Crippen molar-refractivity contribution in [1.29, 1.82) is 0 Å². The summed E-state index contributed by atoms with van der Waals surface area (Å²) >= 11 is 6.19. The average molecular weight is 572 g/mol. The SMILES string of the molecule is CNC(=O)[C@@H](Cc1ccccc1)N(Cc1cccc(Cl)c1)C(=O)CCCN(c1cccc(OC)c1)S(C)(=O)=O. The molecule has 0 aliphatic rings. The molecule has 0 aromatic heterocycles. The van der Waals surface area contributed by atoms with Crippen molar-refractivity contribution in [3.8, 4) is 5.75 Å². The lowest BCUT2D eigenvalue weighted by Gasteiger charge is -2.31. The minimum atomic E-state index is -3.61. The van der Waals surface area contributed by atoms with E-state index in [1.54, 1.807) is 54.4 Å². The van der Waals surface area contributed by atoms with Gasteiger partial charge in [0.25, 0.3) is 0 Å². The number of benzene rings is 3. The lowest BCUT2D eigenvalue weighted by atomic mass is 10.0. The zero-order valence-electron chi connectivity index (χ0n) is 22.3. The number of hydrogen-bond donors (Lipinski definition) is 1. The molecule has 0 aliphatic heterocycles. The van der Waals surface area contributed by atoms with Gasteiger partial charge in [-0.25, -0.2) is 8.42 Å². The molecule has 0 spiro atoms. The van der Waals surface area contributed by atoms with Gasteiger partial charge in [-0.1, -0.05) is 60.1 Å². The lowest BCUT2D eigenvalue weighted by Crippen LogP contribution is -2.49. The summed E-state index contributed by atoms with van der Waals surface area (Å²) in [5.41, 5.74) is 2.15. The third-order valence-electron chi connectivity index (χ3n) is 6.25. The molecule has 10 heteroatoms. The van der Waals surface area contributed by atoms with Gasteiger partial charge in [-0.05, 0) is 41.8 Å². The van der Waals surface area contributed by atoms with E-state index in [-0.39, 0.29) is 37.7 Å². The summed E-state index contributed by atoms with van der Waals surface area (Å²) in [6.45, 7) is 0.266. The monoisotopic (exact) mass is 571 g/mol. The maximum atomic E-state index is 13.7. The van der Waals surface area contributed by atoms with Crippen LogP contribution in [0.15, 0.2) is 78.9 Å². The fourth-order valence-electron chi connectivity index (χ4n) is 4.32. The summed E-state index contributed by atoms with van der Waals surface area (Å²) in [7, 11) is -0.563. The number of carbonyl (C=O) groups is 2. The van der Waals surface area contributed by atoms with Crippen LogP contribution < -0.4 is 14.4 Å². The Morgan fingerprint density at radius 3 is 2.31 bits per heavy atom. The molecule has 2 amide bonds. The van der Waals surface area contributed by atoms with E-state index in [2.05, 4.69) is 5.32 Å². The van der Waals surface area contributed by atoms with Crippen LogP contribution in [-0.4, -0.2) is 58.1 Å². The number of nitrogens with one attached hydrogen (secondary N) is 1. The van der Waals surface area contributed by atoms with Crippen LogP contribution in [0.2, 0.25) is 5.02 Å². The van der Waals surface area contributed by atoms with Gasteiger partial charge in [0.15, 0.2) is 0 Å². The number of rotatable bonds is 13. The molecule has 0 aliphatic carbocycles. The summed E-state index contributed by atoms with van der Waals surface area (Å²) < 4.78 is 31.6. The van der Waals surface area contributed by atoms with Gasteiger partial charge in [0.2, 0.25) is 21.8 Å². The van der Waals surface area contributed by atoms with Gasteiger partial charge in [0.05, 0.1) is 19.1 Å². The molecule has 8 nitrogen and oxygen atoms in total. The molecule has 3 aromatic carbocycles. The molecule has 0 radical (unpaired) electrons. The van der Waals surface area contributed by atoms with Crippen molar-refractivity contribution in [2.45, 2.75) is 31.8 Å². The van der Waals surface area contributed by atoms with Crippen molar-refractivity contribution < 1.29 is 22.7 Å². The molecule has 208 valence electrons. The van der Waals surface area contributed by atoms with Crippen LogP contribution in [0, 0.1) is 0 Å².